The molecule has 2 aromatic carbocycles. The molecule has 1 N–H and O–H groups in total. The summed E-state index contributed by atoms with van der Waals surface area (Å²) in [4.78, 5) is 19.0. The second kappa shape index (κ2) is 6.65. The van der Waals surface area contributed by atoms with Gasteiger partial charge in [0, 0.05) is 21.6 Å². The molecule has 0 bridgehead atoms. The van der Waals surface area contributed by atoms with Crippen molar-refractivity contribution in [3.05, 3.63) is 82.6 Å². The molecular weight excluding hydrogens is 346 g/mol. The number of aliphatic hydroxyl groups excluding tert-OH is 1. The van der Waals surface area contributed by atoms with Gasteiger partial charge in [0.1, 0.15) is 5.76 Å². The maximum atomic E-state index is 12.3. The standard InChI is InChI=1S/C20H15N3O2S/c1-13(24)17-11-21-19-18(12-22-23(19)20(17)25)14-7-9-16(10-8-14)26-15-5-3-2-4-6-15/h2-12,24H,1H3/b17-13+. The number of aliphatic hydroxyl groups is 1. The van der Waals surface area contributed by atoms with Crippen LogP contribution < -0.4 is 10.8 Å². The summed E-state index contributed by atoms with van der Waals surface area (Å²) in [6.45, 7) is 1.46. The van der Waals surface area contributed by atoms with E-state index in [2.05, 4.69) is 22.2 Å². The van der Waals surface area contributed by atoms with Crippen molar-refractivity contribution in [2.75, 3.05) is 0 Å². The maximum absolute atomic E-state index is 12.3. The van der Waals surface area contributed by atoms with Gasteiger partial charge >= 0.3 is 0 Å². The summed E-state index contributed by atoms with van der Waals surface area (Å²) in [7, 11) is 0. The molecule has 4 rings (SSSR count). The molecule has 0 aliphatic rings. The fourth-order valence-electron chi connectivity index (χ4n) is 2.69. The van der Waals surface area contributed by atoms with Crippen molar-refractivity contribution in [1.29, 1.82) is 0 Å². The predicted molar refractivity (Wildman–Crippen MR) is 102 cm³/mol. The van der Waals surface area contributed by atoms with Crippen molar-refractivity contribution in [1.82, 2.24) is 14.6 Å². The van der Waals surface area contributed by atoms with E-state index in [0.717, 1.165) is 16.0 Å². The van der Waals surface area contributed by atoms with Gasteiger partial charge in [-0.05, 0) is 36.8 Å². The number of hydrogen-bond donors (Lipinski definition) is 1. The Balaban J connectivity index is 1.71. The Labute approximate surface area is 153 Å². The van der Waals surface area contributed by atoms with Crippen molar-refractivity contribution in [3.63, 3.8) is 0 Å². The van der Waals surface area contributed by atoms with Gasteiger partial charge in [0.15, 0.2) is 5.65 Å². The average Bonchev–Trinajstić information content (AvgIpc) is 3.08. The molecule has 0 saturated carbocycles. The van der Waals surface area contributed by atoms with E-state index < -0.39 is 0 Å². The van der Waals surface area contributed by atoms with Gasteiger partial charge < -0.3 is 5.11 Å². The van der Waals surface area contributed by atoms with Crippen LogP contribution in [0.25, 0.3) is 22.5 Å². The van der Waals surface area contributed by atoms with Gasteiger partial charge in [-0.1, -0.05) is 42.1 Å². The Morgan fingerprint density at radius 1 is 1.00 bits per heavy atom. The van der Waals surface area contributed by atoms with Crippen LogP contribution in [-0.2, 0) is 0 Å². The second-order valence-electron chi connectivity index (χ2n) is 5.80. The number of benzene rings is 2. The van der Waals surface area contributed by atoms with E-state index in [0.29, 0.717) is 5.65 Å². The molecular formula is C20H15N3O2S. The van der Waals surface area contributed by atoms with Crippen LogP contribution in [-0.4, -0.2) is 19.7 Å². The highest BCUT2D eigenvalue weighted by molar-refractivity contribution is 7.99. The van der Waals surface area contributed by atoms with Crippen molar-refractivity contribution in [3.8, 4) is 11.1 Å². The molecule has 0 saturated heterocycles. The lowest BCUT2D eigenvalue weighted by Gasteiger charge is -2.03. The number of hydrogen-bond acceptors (Lipinski definition) is 5. The summed E-state index contributed by atoms with van der Waals surface area (Å²) in [6.07, 6.45) is 3.01. The molecule has 0 spiro atoms. The predicted octanol–water partition coefficient (Wildman–Crippen LogP) is 3.31. The summed E-state index contributed by atoms with van der Waals surface area (Å²) >= 11 is 1.69. The monoisotopic (exact) mass is 361 g/mol. The zero-order valence-electron chi connectivity index (χ0n) is 14.0. The van der Waals surface area contributed by atoms with E-state index in [4.69, 9.17) is 0 Å². The Hall–Kier alpha value is -3.12. The molecule has 26 heavy (non-hydrogen) atoms. The Kier molecular flexibility index (Phi) is 4.18. The molecule has 0 aliphatic heterocycles. The lowest BCUT2D eigenvalue weighted by atomic mass is 10.1. The van der Waals surface area contributed by atoms with Crippen molar-refractivity contribution in [2.45, 2.75) is 16.7 Å². The number of aromatic nitrogens is 3. The van der Waals surface area contributed by atoms with Crippen LogP contribution >= 0.6 is 11.8 Å². The van der Waals surface area contributed by atoms with E-state index in [9.17, 15) is 9.90 Å². The van der Waals surface area contributed by atoms with E-state index in [1.165, 1.54) is 22.5 Å². The summed E-state index contributed by atoms with van der Waals surface area (Å²) in [6, 6.07) is 18.2. The SMILES string of the molecule is C/C(O)=c1/cnc2c(-c3ccc(Sc4ccccc4)cc3)cnn2c1=O. The zero-order valence-corrected chi connectivity index (χ0v) is 14.8. The highest BCUT2D eigenvalue weighted by Crippen LogP contribution is 2.30. The van der Waals surface area contributed by atoms with Gasteiger partial charge in [-0.3, -0.25) is 4.79 Å². The van der Waals surface area contributed by atoms with Gasteiger partial charge in [0.25, 0.3) is 5.56 Å². The van der Waals surface area contributed by atoms with Crippen molar-refractivity contribution in [2.24, 2.45) is 0 Å². The molecule has 0 amide bonds. The van der Waals surface area contributed by atoms with Crippen LogP contribution in [0.1, 0.15) is 6.92 Å². The number of rotatable bonds is 3. The third kappa shape index (κ3) is 2.95. The van der Waals surface area contributed by atoms with Crippen LogP contribution in [0.5, 0.6) is 0 Å². The smallest absolute Gasteiger partial charge is 0.285 e. The molecule has 0 aliphatic carbocycles. The number of fused-ring (bicyclic) bond motifs is 1. The van der Waals surface area contributed by atoms with Crippen LogP contribution in [0.4, 0.5) is 0 Å². The van der Waals surface area contributed by atoms with E-state index in [1.807, 2.05) is 42.5 Å². The summed E-state index contributed by atoms with van der Waals surface area (Å²) in [5.74, 6) is -0.0660. The lowest BCUT2D eigenvalue weighted by Crippen LogP contribution is -2.33. The molecule has 2 aromatic heterocycles. The summed E-state index contributed by atoms with van der Waals surface area (Å²) in [5.41, 5.74) is 1.81. The Bertz CT molecular complexity index is 1180. The first kappa shape index (κ1) is 16.4. The van der Waals surface area contributed by atoms with Crippen molar-refractivity contribution < 1.29 is 5.11 Å². The topological polar surface area (TPSA) is 67.5 Å². The van der Waals surface area contributed by atoms with Gasteiger partial charge in [0.05, 0.1) is 11.4 Å². The van der Waals surface area contributed by atoms with Gasteiger partial charge in [-0.25, -0.2) is 4.98 Å². The van der Waals surface area contributed by atoms with E-state index in [1.54, 1.807) is 18.0 Å². The number of nitrogens with zero attached hydrogens (tertiary/aromatic N) is 3. The fourth-order valence-corrected chi connectivity index (χ4v) is 3.53. The minimum atomic E-state index is -0.377. The molecule has 6 heteroatoms. The molecule has 0 atom stereocenters. The fraction of sp³-hybridized carbons (Fsp3) is 0.0500. The van der Waals surface area contributed by atoms with Gasteiger partial charge in [0.2, 0.25) is 0 Å². The van der Waals surface area contributed by atoms with Gasteiger partial charge in [-0.2, -0.15) is 9.61 Å². The van der Waals surface area contributed by atoms with E-state index in [-0.39, 0.29) is 16.5 Å². The quantitative estimate of drug-likeness (QED) is 0.606. The Morgan fingerprint density at radius 2 is 1.69 bits per heavy atom. The molecule has 128 valence electrons. The van der Waals surface area contributed by atoms with Crippen molar-refractivity contribution >= 4 is 23.2 Å². The highest BCUT2D eigenvalue weighted by Gasteiger charge is 2.11. The first-order valence-corrected chi connectivity index (χ1v) is 8.85. The average molecular weight is 361 g/mol. The van der Waals surface area contributed by atoms with Gasteiger partial charge in [-0.15, -0.1) is 0 Å². The molecule has 5 nitrogen and oxygen atoms in total. The Morgan fingerprint density at radius 3 is 2.38 bits per heavy atom. The van der Waals surface area contributed by atoms with Crippen LogP contribution in [0.3, 0.4) is 0 Å². The molecule has 2 heterocycles. The maximum Gasteiger partial charge on any atom is 0.285 e. The van der Waals surface area contributed by atoms with Crippen LogP contribution in [0.15, 0.2) is 81.6 Å². The third-order valence-corrected chi connectivity index (χ3v) is 5.03. The highest BCUT2D eigenvalue weighted by atomic mass is 32.2. The third-order valence-electron chi connectivity index (χ3n) is 4.02. The second-order valence-corrected chi connectivity index (χ2v) is 6.94. The first-order chi connectivity index (χ1) is 12.6. The zero-order chi connectivity index (χ0) is 18.1. The molecule has 0 radical (unpaired) electrons. The summed E-state index contributed by atoms with van der Waals surface area (Å²) < 4.78 is 1.22. The minimum Gasteiger partial charge on any atom is -0.512 e. The van der Waals surface area contributed by atoms with Crippen LogP contribution in [0, 0.1) is 0 Å². The largest absolute Gasteiger partial charge is 0.512 e. The normalized spacial score (nSPS) is 12.3. The molecule has 0 fully saturated rings. The first-order valence-electron chi connectivity index (χ1n) is 8.03. The minimum absolute atomic E-state index is 0.0660. The molecule has 0 unspecified atom stereocenters. The lowest BCUT2D eigenvalue weighted by molar-refractivity contribution is 0.497. The van der Waals surface area contributed by atoms with Crippen LogP contribution in [0.2, 0.25) is 0 Å². The molecule has 4 aromatic rings. The summed E-state index contributed by atoms with van der Waals surface area (Å²) in [5, 5.41) is 13.9. The van der Waals surface area contributed by atoms with E-state index >= 15 is 0 Å².